The van der Waals surface area contributed by atoms with Crippen LogP contribution in [0.1, 0.15) is 29.6 Å². The zero-order valence-corrected chi connectivity index (χ0v) is 15.3. The molecule has 0 unspecified atom stereocenters. The molecule has 0 bridgehead atoms. The van der Waals surface area contributed by atoms with Gasteiger partial charge in [-0.3, -0.25) is 9.59 Å². The van der Waals surface area contributed by atoms with Crippen molar-refractivity contribution in [3.8, 4) is 0 Å². The minimum atomic E-state index is -3.33. The van der Waals surface area contributed by atoms with Crippen molar-refractivity contribution < 1.29 is 27.5 Å². The molecule has 1 aliphatic rings. The van der Waals surface area contributed by atoms with Crippen LogP contribution in [0, 0.1) is 0 Å². The Morgan fingerprint density at radius 2 is 1.85 bits per heavy atom. The number of hydrogen-bond donors (Lipinski definition) is 2. The SMILES string of the molecule is CS(=O)(=O)CC[C@@H](NC(=O)c1ccccc1)C(=O)OCC(=O)NC1CC1. The van der Waals surface area contributed by atoms with Gasteiger partial charge in [0.1, 0.15) is 15.9 Å². The van der Waals surface area contributed by atoms with Crippen molar-refractivity contribution in [2.24, 2.45) is 0 Å². The summed E-state index contributed by atoms with van der Waals surface area (Å²) in [6.07, 6.45) is 2.71. The minimum absolute atomic E-state index is 0.138. The number of esters is 1. The highest BCUT2D eigenvalue weighted by Gasteiger charge is 2.27. The maximum atomic E-state index is 12.2. The Morgan fingerprint density at radius 1 is 1.19 bits per heavy atom. The van der Waals surface area contributed by atoms with Crippen LogP contribution >= 0.6 is 0 Å². The Morgan fingerprint density at radius 3 is 2.42 bits per heavy atom. The molecule has 0 saturated heterocycles. The van der Waals surface area contributed by atoms with E-state index in [0.717, 1.165) is 19.1 Å². The van der Waals surface area contributed by atoms with Crippen LogP contribution in [-0.4, -0.2) is 56.9 Å². The fourth-order valence-corrected chi connectivity index (χ4v) is 2.81. The average Bonchev–Trinajstić information content (AvgIpc) is 3.40. The topological polar surface area (TPSA) is 119 Å². The maximum absolute atomic E-state index is 12.2. The minimum Gasteiger partial charge on any atom is -0.454 e. The van der Waals surface area contributed by atoms with Crippen LogP contribution in [0.5, 0.6) is 0 Å². The van der Waals surface area contributed by atoms with E-state index in [0.29, 0.717) is 5.56 Å². The Kier molecular flexibility index (Phi) is 6.73. The summed E-state index contributed by atoms with van der Waals surface area (Å²) in [5.41, 5.74) is 0.330. The van der Waals surface area contributed by atoms with Crippen LogP contribution in [0.3, 0.4) is 0 Å². The van der Waals surface area contributed by atoms with E-state index < -0.39 is 40.3 Å². The molecule has 142 valence electrons. The average molecular weight is 382 g/mol. The molecule has 1 aliphatic carbocycles. The molecule has 0 spiro atoms. The first-order chi connectivity index (χ1) is 12.2. The van der Waals surface area contributed by atoms with Crippen LogP contribution in [-0.2, 0) is 24.2 Å². The Labute approximate surface area is 152 Å². The molecule has 0 aliphatic heterocycles. The van der Waals surface area contributed by atoms with Gasteiger partial charge >= 0.3 is 5.97 Å². The fourth-order valence-electron chi connectivity index (χ4n) is 2.15. The lowest BCUT2D eigenvalue weighted by Gasteiger charge is -2.17. The van der Waals surface area contributed by atoms with Crippen molar-refractivity contribution in [1.82, 2.24) is 10.6 Å². The molecule has 1 atom stereocenters. The highest BCUT2D eigenvalue weighted by atomic mass is 32.2. The summed E-state index contributed by atoms with van der Waals surface area (Å²) in [7, 11) is -3.33. The molecule has 1 saturated carbocycles. The molecule has 1 aromatic rings. The molecule has 0 radical (unpaired) electrons. The van der Waals surface area contributed by atoms with Crippen LogP contribution < -0.4 is 10.6 Å². The van der Waals surface area contributed by atoms with Crippen molar-refractivity contribution in [3.05, 3.63) is 35.9 Å². The molecular weight excluding hydrogens is 360 g/mol. The third-order valence-electron chi connectivity index (χ3n) is 3.69. The summed E-state index contributed by atoms with van der Waals surface area (Å²) in [5, 5.41) is 5.14. The lowest BCUT2D eigenvalue weighted by atomic mass is 10.1. The summed E-state index contributed by atoms with van der Waals surface area (Å²) < 4.78 is 27.7. The summed E-state index contributed by atoms with van der Waals surface area (Å²) in [6, 6.07) is 7.19. The second-order valence-corrected chi connectivity index (χ2v) is 8.52. The number of carbonyl (C=O) groups is 3. The second-order valence-electron chi connectivity index (χ2n) is 6.26. The first-order valence-corrected chi connectivity index (χ1v) is 10.3. The normalized spacial score (nSPS) is 15.0. The van der Waals surface area contributed by atoms with E-state index in [9.17, 15) is 22.8 Å². The van der Waals surface area contributed by atoms with E-state index in [1.165, 1.54) is 0 Å². The molecule has 0 aromatic heterocycles. The largest absolute Gasteiger partial charge is 0.454 e. The smallest absolute Gasteiger partial charge is 0.329 e. The standard InChI is InChI=1S/C17H22N2O6S/c1-26(23,24)10-9-14(19-16(21)12-5-3-2-4-6-12)17(22)25-11-15(20)18-13-7-8-13/h2-6,13-14H,7-11H2,1H3,(H,18,20)(H,19,21)/t14-/m1/s1. The molecule has 8 nitrogen and oxygen atoms in total. The number of ether oxygens (including phenoxy) is 1. The van der Waals surface area contributed by atoms with Gasteiger partial charge < -0.3 is 15.4 Å². The van der Waals surface area contributed by atoms with Crippen molar-refractivity contribution in [3.63, 3.8) is 0 Å². The quantitative estimate of drug-likeness (QED) is 0.582. The van der Waals surface area contributed by atoms with Gasteiger partial charge in [0.25, 0.3) is 11.8 Å². The summed E-state index contributed by atoms with van der Waals surface area (Å²) in [4.78, 5) is 36.1. The molecule has 2 amide bonds. The highest BCUT2D eigenvalue weighted by molar-refractivity contribution is 7.90. The van der Waals surface area contributed by atoms with E-state index in [1.807, 2.05) is 0 Å². The van der Waals surface area contributed by atoms with Crippen molar-refractivity contribution in [2.45, 2.75) is 31.3 Å². The van der Waals surface area contributed by atoms with Crippen LogP contribution in [0.2, 0.25) is 0 Å². The van der Waals surface area contributed by atoms with Gasteiger partial charge in [-0.1, -0.05) is 18.2 Å². The molecule has 1 fully saturated rings. The molecule has 2 N–H and O–H groups in total. The first-order valence-electron chi connectivity index (χ1n) is 8.24. The third kappa shape index (κ3) is 7.22. The molecular formula is C17H22N2O6S. The molecule has 1 aromatic carbocycles. The third-order valence-corrected chi connectivity index (χ3v) is 4.67. The van der Waals surface area contributed by atoms with Gasteiger partial charge in [0, 0.05) is 17.9 Å². The number of hydrogen-bond acceptors (Lipinski definition) is 6. The van der Waals surface area contributed by atoms with Gasteiger partial charge in [-0.15, -0.1) is 0 Å². The predicted molar refractivity (Wildman–Crippen MR) is 94.1 cm³/mol. The van der Waals surface area contributed by atoms with Gasteiger partial charge in [0.05, 0.1) is 5.75 Å². The molecule has 2 rings (SSSR count). The van der Waals surface area contributed by atoms with E-state index in [4.69, 9.17) is 4.74 Å². The Balaban J connectivity index is 1.95. The summed E-state index contributed by atoms with van der Waals surface area (Å²) >= 11 is 0. The maximum Gasteiger partial charge on any atom is 0.329 e. The van der Waals surface area contributed by atoms with E-state index in [1.54, 1.807) is 30.3 Å². The molecule has 9 heteroatoms. The van der Waals surface area contributed by atoms with E-state index in [-0.39, 0.29) is 18.2 Å². The highest BCUT2D eigenvalue weighted by Crippen LogP contribution is 2.18. The lowest BCUT2D eigenvalue weighted by Crippen LogP contribution is -2.44. The van der Waals surface area contributed by atoms with Crippen molar-refractivity contribution >= 4 is 27.6 Å². The van der Waals surface area contributed by atoms with Gasteiger partial charge in [0.2, 0.25) is 0 Å². The fraction of sp³-hybridized carbons (Fsp3) is 0.471. The first kappa shape index (κ1) is 19.9. The number of benzene rings is 1. The number of carbonyl (C=O) groups excluding carboxylic acids is 3. The number of amides is 2. The molecule has 26 heavy (non-hydrogen) atoms. The van der Waals surface area contributed by atoms with Crippen LogP contribution in [0.15, 0.2) is 30.3 Å². The Bertz CT molecular complexity index is 759. The predicted octanol–water partition coefficient (Wildman–Crippen LogP) is 0.0415. The second kappa shape index (κ2) is 8.79. The van der Waals surface area contributed by atoms with Gasteiger partial charge in [-0.2, -0.15) is 0 Å². The number of nitrogens with one attached hydrogen (secondary N) is 2. The van der Waals surface area contributed by atoms with E-state index >= 15 is 0 Å². The summed E-state index contributed by atoms with van der Waals surface area (Å²) in [6.45, 7) is -0.466. The van der Waals surface area contributed by atoms with Crippen LogP contribution in [0.25, 0.3) is 0 Å². The molecule has 0 heterocycles. The Hall–Kier alpha value is -2.42. The zero-order chi connectivity index (χ0) is 19.2. The van der Waals surface area contributed by atoms with Crippen molar-refractivity contribution in [1.29, 1.82) is 0 Å². The number of sulfone groups is 1. The summed E-state index contributed by atoms with van der Waals surface area (Å²) in [5.74, 6) is -2.08. The monoisotopic (exact) mass is 382 g/mol. The number of rotatable bonds is 9. The van der Waals surface area contributed by atoms with Gasteiger partial charge in [0.15, 0.2) is 6.61 Å². The van der Waals surface area contributed by atoms with Crippen LogP contribution in [0.4, 0.5) is 0 Å². The lowest BCUT2D eigenvalue weighted by molar-refractivity contribution is -0.150. The van der Waals surface area contributed by atoms with Gasteiger partial charge in [-0.05, 0) is 31.4 Å². The zero-order valence-electron chi connectivity index (χ0n) is 14.4. The van der Waals surface area contributed by atoms with Crippen molar-refractivity contribution in [2.75, 3.05) is 18.6 Å². The van der Waals surface area contributed by atoms with Gasteiger partial charge in [-0.25, -0.2) is 13.2 Å². The van der Waals surface area contributed by atoms with E-state index in [2.05, 4.69) is 10.6 Å².